The number of rotatable bonds is 1. The van der Waals surface area contributed by atoms with E-state index in [-0.39, 0.29) is 0 Å². The number of phenolic OH excluding ortho intramolecular Hbond substituents is 1. The van der Waals surface area contributed by atoms with Gasteiger partial charge in [-0.05, 0) is 27.7 Å². The molecule has 1 heterocycles. The third-order valence-electron chi connectivity index (χ3n) is 4.03. The highest BCUT2D eigenvalue weighted by atomic mass is 32.1. The van der Waals surface area contributed by atoms with E-state index >= 15 is 0 Å². The molecular formula is C14H20OSSi. The molecule has 0 saturated heterocycles. The number of phenols is 1. The minimum Gasteiger partial charge on any atom is -0.507 e. The molecule has 1 aromatic heterocycles. The monoisotopic (exact) mass is 264 g/mol. The first-order valence-corrected chi connectivity index (χ1v) is 9.77. The van der Waals surface area contributed by atoms with E-state index in [2.05, 4.69) is 46.0 Å². The number of hydrogen-bond donors (Lipinski definition) is 1. The minimum atomic E-state index is -1.48. The molecule has 0 aliphatic carbocycles. The van der Waals surface area contributed by atoms with Crippen LogP contribution in [-0.4, -0.2) is 13.2 Å². The number of thiophene rings is 1. The Morgan fingerprint density at radius 1 is 1.18 bits per heavy atom. The average molecular weight is 264 g/mol. The Kier molecular flexibility index (Phi) is 2.87. The van der Waals surface area contributed by atoms with Gasteiger partial charge in [0.2, 0.25) is 0 Å². The Hall–Kier alpha value is -0.803. The predicted octanol–water partition coefficient (Wildman–Crippen LogP) is 4.32. The summed E-state index contributed by atoms with van der Waals surface area (Å²) in [5.74, 6) is 0.406. The van der Waals surface area contributed by atoms with Crippen LogP contribution in [0.4, 0.5) is 0 Å². The Bertz CT molecular complexity index is 549. The minimum absolute atomic E-state index is 0.337. The molecule has 1 aromatic carbocycles. The van der Waals surface area contributed by atoms with Crippen molar-refractivity contribution in [3.8, 4) is 5.75 Å². The third-order valence-corrected chi connectivity index (χ3v) is 11.9. The lowest BCUT2D eigenvalue weighted by Crippen LogP contribution is -2.47. The third kappa shape index (κ3) is 2.02. The fraction of sp³-hybridized carbons (Fsp3) is 0.429. The van der Waals surface area contributed by atoms with Gasteiger partial charge in [-0.25, -0.2) is 0 Å². The predicted molar refractivity (Wildman–Crippen MR) is 80.3 cm³/mol. The number of hydrogen-bond acceptors (Lipinski definition) is 2. The summed E-state index contributed by atoms with van der Waals surface area (Å²) in [5, 5.41) is 11.2. The normalized spacial score (nSPS) is 13.2. The summed E-state index contributed by atoms with van der Waals surface area (Å²) < 4.78 is 2.67. The van der Waals surface area contributed by atoms with Crippen molar-refractivity contribution >= 4 is 34.0 Å². The molecule has 0 aliphatic heterocycles. The van der Waals surface area contributed by atoms with Crippen LogP contribution in [0.5, 0.6) is 5.75 Å². The zero-order chi connectivity index (χ0) is 12.8. The summed E-state index contributed by atoms with van der Waals surface area (Å²) in [6.45, 7) is 11.8. The van der Waals surface area contributed by atoms with Gasteiger partial charge in [0.1, 0.15) is 5.75 Å². The van der Waals surface area contributed by atoms with Crippen LogP contribution in [0.2, 0.25) is 18.1 Å². The summed E-state index contributed by atoms with van der Waals surface area (Å²) in [5.41, 5.74) is 0. The van der Waals surface area contributed by atoms with Crippen LogP contribution in [0.3, 0.4) is 0 Å². The van der Waals surface area contributed by atoms with Crippen LogP contribution in [0.1, 0.15) is 20.8 Å². The summed E-state index contributed by atoms with van der Waals surface area (Å²) in [4.78, 5) is 0. The lowest BCUT2D eigenvalue weighted by Gasteiger charge is -2.35. The van der Waals surface area contributed by atoms with E-state index in [9.17, 15) is 5.11 Å². The van der Waals surface area contributed by atoms with E-state index in [1.54, 1.807) is 6.07 Å². The van der Waals surface area contributed by atoms with E-state index in [0.29, 0.717) is 10.8 Å². The number of fused-ring (bicyclic) bond motifs is 1. The van der Waals surface area contributed by atoms with Crippen molar-refractivity contribution in [3.05, 3.63) is 24.3 Å². The van der Waals surface area contributed by atoms with Gasteiger partial charge in [-0.1, -0.05) is 39.9 Å². The summed E-state index contributed by atoms with van der Waals surface area (Å²) in [6.07, 6.45) is 0. The molecule has 1 N–H and O–H groups in total. The van der Waals surface area contributed by atoms with Gasteiger partial charge >= 0.3 is 0 Å². The molecule has 3 heteroatoms. The van der Waals surface area contributed by atoms with Gasteiger partial charge in [0.05, 0.1) is 8.07 Å². The van der Waals surface area contributed by atoms with Crippen molar-refractivity contribution in [1.82, 2.24) is 0 Å². The van der Waals surface area contributed by atoms with E-state index in [1.165, 1.54) is 9.20 Å². The molecule has 0 fully saturated rings. The number of aromatic hydroxyl groups is 1. The van der Waals surface area contributed by atoms with Crippen molar-refractivity contribution in [2.45, 2.75) is 38.9 Å². The smallest absolute Gasteiger partial charge is 0.124 e. The van der Waals surface area contributed by atoms with Crippen LogP contribution >= 0.6 is 11.3 Å². The molecule has 2 rings (SSSR count). The van der Waals surface area contributed by atoms with Gasteiger partial charge in [-0.15, -0.1) is 11.3 Å². The molecular weight excluding hydrogens is 244 g/mol. The van der Waals surface area contributed by atoms with Gasteiger partial charge in [-0.2, -0.15) is 0 Å². The highest BCUT2D eigenvalue weighted by molar-refractivity contribution is 7.31. The second-order valence-corrected chi connectivity index (χ2v) is 12.9. The maximum Gasteiger partial charge on any atom is 0.124 e. The zero-order valence-electron chi connectivity index (χ0n) is 11.2. The van der Waals surface area contributed by atoms with Crippen LogP contribution in [-0.2, 0) is 0 Å². The molecule has 0 unspecified atom stereocenters. The Labute approximate surface area is 108 Å². The highest BCUT2D eigenvalue weighted by Gasteiger charge is 2.38. The Balaban J connectivity index is 2.62. The van der Waals surface area contributed by atoms with E-state index in [4.69, 9.17) is 0 Å². The highest BCUT2D eigenvalue weighted by Crippen LogP contribution is 2.39. The van der Waals surface area contributed by atoms with Crippen LogP contribution in [0, 0.1) is 0 Å². The molecule has 0 amide bonds. The topological polar surface area (TPSA) is 20.2 Å². The van der Waals surface area contributed by atoms with Gasteiger partial charge in [-0.3, -0.25) is 0 Å². The Morgan fingerprint density at radius 3 is 2.35 bits per heavy atom. The fourth-order valence-corrected chi connectivity index (χ4v) is 6.07. The second kappa shape index (κ2) is 3.85. The SMILES string of the molecule is CC(C)(C)[Si](C)(C)c1cc2c(O)cccc2s1. The quantitative estimate of drug-likeness (QED) is 0.760. The van der Waals surface area contributed by atoms with Crippen molar-refractivity contribution in [1.29, 1.82) is 0 Å². The standard InChI is InChI=1S/C14H20OSSi/c1-14(2,3)17(4,5)13-9-10-11(15)7-6-8-12(10)16-13/h6-9,15H,1-5H3. The van der Waals surface area contributed by atoms with Gasteiger partial charge in [0.15, 0.2) is 0 Å². The summed E-state index contributed by atoms with van der Waals surface area (Å²) in [7, 11) is -1.48. The van der Waals surface area contributed by atoms with Crippen molar-refractivity contribution in [2.75, 3.05) is 0 Å². The maximum atomic E-state index is 9.88. The van der Waals surface area contributed by atoms with Gasteiger partial charge < -0.3 is 5.11 Å². The lowest BCUT2D eigenvalue weighted by atomic mass is 10.2. The van der Waals surface area contributed by atoms with Crippen LogP contribution < -0.4 is 4.50 Å². The first-order chi connectivity index (χ1) is 7.73. The molecule has 0 saturated carbocycles. The Morgan fingerprint density at radius 2 is 1.82 bits per heavy atom. The van der Waals surface area contributed by atoms with Crippen LogP contribution in [0.25, 0.3) is 10.1 Å². The van der Waals surface area contributed by atoms with E-state index in [1.807, 2.05) is 17.4 Å². The van der Waals surface area contributed by atoms with E-state index in [0.717, 1.165) is 5.39 Å². The molecule has 92 valence electrons. The molecule has 0 aliphatic rings. The van der Waals surface area contributed by atoms with Gasteiger partial charge in [0, 0.05) is 10.1 Å². The van der Waals surface area contributed by atoms with Crippen molar-refractivity contribution < 1.29 is 5.11 Å². The first kappa shape index (κ1) is 12.6. The second-order valence-electron chi connectivity index (χ2n) is 6.17. The molecule has 0 spiro atoms. The zero-order valence-corrected chi connectivity index (χ0v) is 13.0. The summed E-state index contributed by atoms with van der Waals surface area (Å²) in [6, 6.07) is 7.98. The van der Waals surface area contributed by atoms with Crippen LogP contribution in [0.15, 0.2) is 24.3 Å². The summed E-state index contributed by atoms with van der Waals surface area (Å²) >= 11 is 1.85. The molecule has 1 nitrogen and oxygen atoms in total. The van der Waals surface area contributed by atoms with Gasteiger partial charge in [0.25, 0.3) is 0 Å². The molecule has 0 bridgehead atoms. The van der Waals surface area contributed by atoms with E-state index < -0.39 is 8.07 Å². The maximum absolute atomic E-state index is 9.88. The molecule has 17 heavy (non-hydrogen) atoms. The fourth-order valence-electron chi connectivity index (χ4n) is 1.72. The van der Waals surface area contributed by atoms with Crippen molar-refractivity contribution in [3.63, 3.8) is 0 Å². The average Bonchev–Trinajstić information content (AvgIpc) is 2.61. The van der Waals surface area contributed by atoms with Crippen molar-refractivity contribution in [2.24, 2.45) is 0 Å². The molecule has 2 aromatic rings. The molecule has 0 atom stereocenters. The number of benzene rings is 1. The molecule has 0 radical (unpaired) electrons. The largest absolute Gasteiger partial charge is 0.507 e. The first-order valence-electron chi connectivity index (χ1n) is 5.95. The lowest BCUT2D eigenvalue weighted by molar-refractivity contribution is 0.482.